The molecule has 0 spiro atoms. The molecule has 0 bridgehead atoms. The molecule has 1 saturated carbocycles. The number of hydrogen-bond donors (Lipinski definition) is 0. The van der Waals surface area contributed by atoms with Crippen molar-refractivity contribution in [1.82, 2.24) is 0 Å². The molecule has 0 saturated heterocycles. The molecule has 0 radical (unpaired) electrons. The van der Waals surface area contributed by atoms with Gasteiger partial charge in [-0.25, -0.2) is 0 Å². The Morgan fingerprint density at radius 1 is 1.33 bits per heavy atom. The zero-order valence-electron chi connectivity index (χ0n) is 5.37. The van der Waals surface area contributed by atoms with Crippen LogP contribution in [0.3, 0.4) is 0 Å². The number of rotatable bonds is 0. The zero-order valence-corrected chi connectivity index (χ0v) is 8.54. The van der Waals surface area contributed by atoms with Gasteiger partial charge in [-0.15, -0.1) is 0 Å². The van der Waals surface area contributed by atoms with E-state index < -0.39 is 0 Å². The molecule has 1 rings (SSSR count). The molecule has 1 aliphatic rings. The molecule has 1 nitrogen and oxygen atoms in total. The van der Waals surface area contributed by atoms with Gasteiger partial charge in [0, 0.05) is 0 Å². The van der Waals surface area contributed by atoms with Crippen LogP contribution in [-0.4, -0.2) is 14.4 Å². The van der Waals surface area contributed by atoms with Crippen molar-refractivity contribution in [3.05, 3.63) is 0 Å². The molecule has 0 aromatic rings. The Morgan fingerprint density at radius 3 is 1.67 bits per heavy atom. The summed E-state index contributed by atoms with van der Waals surface area (Å²) < 4.78 is -0.517. The van der Waals surface area contributed by atoms with Crippen molar-refractivity contribution >= 4 is 37.6 Å². The SMILES string of the molecule is C[C@]1(Br)C[C@@](C)(Br)C1=O. The maximum atomic E-state index is 11.1. The van der Waals surface area contributed by atoms with E-state index in [9.17, 15) is 4.79 Å². The van der Waals surface area contributed by atoms with E-state index in [0.29, 0.717) is 0 Å². The van der Waals surface area contributed by atoms with E-state index in [4.69, 9.17) is 0 Å². The maximum Gasteiger partial charge on any atom is 0.165 e. The highest BCUT2D eigenvalue weighted by Crippen LogP contribution is 2.48. The van der Waals surface area contributed by atoms with Crippen molar-refractivity contribution in [2.75, 3.05) is 0 Å². The first kappa shape index (κ1) is 7.73. The van der Waals surface area contributed by atoms with Crippen LogP contribution in [0.25, 0.3) is 0 Å². The highest BCUT2D eigenvalue weighted by Gasteiger charge is 2.55. The van der Waals surface area contributed by atoms with Crippen molar-refractivity contribution in [3.8, 4) is 0 Å². The van der Waals surface area contributed by atoms with E-state index in [2.05, 4.69) is 31.9 Å². The molecule has 0 aliphatic heterocycles. The molecule has 1 aliphatic carbocycles. The van der Waals surface area contributed by atoms with Gasteiger partial charge in [-0.05, 0) is 20.3 Å². The molecule has 0 aromatic heterocycles. The summed E-state index contributed by atoms with van der Waals surface area (Å²) in [5.41, 5.74) is 0. The third-order valence-electron chi connectivity index (χ3n) is 1.61. The third kappa shape index (κ3) is 1.09. The molecular formula is C6H8Br2O. The summed E-state index contributed by atoms with van der Waals surface area (Å²) in [6, 6.07) is 0. The van der Waals surface area contributed by atoms with Crippen LogP contribution in [0, 0.1) is 0 Å². The van der Waals surface area contributed by atoms with Crippen LogP contribution in [0.4, 0.5) is 0 Å². The first-order chi connectivity index (χ1) is 3.86. The minimum Gasteiger partial charge on any atom is -0.297 e. The van der Waals surface area contributed by atoms with Gasteiger partial charge in [-0.1, -0.05) is 31.9 Å². The normalized spacial score (nSPS) is 50.9. The predicted molar refractivity (Wildman–Crippen MR) is 44.3 cm³/mol. The third-order valence-corrected chi connectivity index (χ3v) is 2.89. The summed E-state index contributed by atoms with van der Waals surface area (Å²) in [5, 5.41) is 0. The van der Waals surface area contributed by atoms with Crippen LogP contribution >= 0.6 is 31.9 Å². The molecular weight excluding hydrogens is 248 g/mol. The fourth-order valence-electron chi connectivity index (χ4n) is 1.22. The summed E-state index contributed by atoms with van der Waals surface area (Å²) >= 11 is 6.65. The van der Waals surface area contributed by atoms with Crippen molar-refractivity contribution in [2.24, 2.45) is 0 Å². The lowest BCUT2D eigenvalue weighted by molar-refractivity contribution is -0.128. The highest BCUT2D eigenvalue weighted by molar-refractivity contribution is 9.11. The Kier molecular flexibility index (Phi) is 1.56. The van der Waals surface area contributed by atoms with E-state index in [0.717, 1.165) is 6.42 Å². The fraction of sp³-hybridized carbons (Fsp3) is 0.833. The Labute approximate surface area is 71.5 Å². The minimum absolute atomic E-state index is 0.245. The van der Waals surface area contributed by atoms with Gasteiger partial charge in [0.1, 0.15) is 0 Å². The summed E-state index contributed by atoms with van der Waals surface area (Å²) in [6.07, 6.45) is 0.874. The van der Waals surface area contributed by atoms with Gasteiger partial charge in [-0.3, -0.25) is 4.79 Å². The first-order valence-electron chi connectivity index (χ1n) is 2.79. The van der Waals surface area contributed by atoms with Gasteiger partial charge in [0.15, 0.2) is 5.78 Å². The van der Waals surface area contributed by atoms with Crippen LogP contribution in [0.1, 0.15) is 20.3 Å². The molecule has 0 N–H and O–H groups in total. The Morgan fingerprint density at radius 2 is 1.67 bits per heavy atom. The highest BCUT2D eigenvalue weighted by atomic mass is 79.9. The lowest BCUT2D eigenvalue weighted by Gasteiger charge is -2.43. The molecule has 52 valence electrons. The van der Waals surface area contributed by atoms with Crippen LogP contribution in [0.5, 0.6) is 0 Å². The summed E-state index contributed by atoms with van der Waals surface area (Å²) in [4.78, 5) is 11.1. The Bertz CT molecular complexity index is 144. The fourth-order valence-corrected chi connectivity index (χ4v) is 3.86. The first-order valence-corrected chi connectivity index (χ1v) is 4.38. The predicted octanol–water partition coefficient (Wildman–Crippen LogP) is 2.27. The van der Waals surface area contributed by atoms with Crippen molar-refractivity contribution in [1.29, 1.82) is 0 Å². The zero-order chi connectivity index (χ0) is 7.28. The summed E-state index contributed by atoms with van der Waals surface area (Å²) in [7, 11) is 0. The van der Waals surface area contributed by atoms with Crippen molar-refractivity contribution in [3.63, 3.8) is 0 Å². The van der Waals surface area contributed by atoms with Gasteiger partial charge < -0.3 is 0 Å². The lowest BCUT2D eigenvalue weighted by atomic mass is 9.75. The molecule has 1 fully saturated rings. The van der Waals surface area contributed by atoms with Crippen LogP contribution in [0.15, 0.2) is 0 Å². The number of ketones is 1. The van der Waals surface area contributed by atoms with Gasteiger partial charge in [0.05, 0.1) is 8.65 Å². The van der Waals surface area contributed by atoms with E-state index in [-0.39, 0.29) is 14.4 Å². The van der Waals surface area contributed by atoms with Crippen LogP contribution in [-0.2, 0) is 4.79 Å². The molecule has 3 heteroatoms. The summed E-state index contributed by atoms with van der Waals surface area (Å²) in [5.74, 6) is 0.245. The van der Waals surface area contributed by atoms with E-state index in [1.807, 2.05) is 13.8 Å². The molecule has 9 heavy (non-hydrogen) atoms. The van der Waals surface area contributed by atoms with E-state index >= 15 is 0 Å². The second-order valence-electron chi connectivity index (χ2n) is 2.90. The number of alkyl halides is 2. The van der Waals surface area contributed by atoms with Crippen molar-refractivity contribution in [2.45, 2.75) is 28.9 Å². The number of carbonyl (C=O) groups excluding carboxylic acids is 1. The topological polar surface area (TPSA) is 17.1 Å². The van der Waals surface area contributed by atoms with Gasteiger partial charge in [0.2, 0.25) is 0 Å². The maximum absolute atomic E-state index is 11.1. The molecule has 0 amide bonds. The standard InChI is InChI=1S/C6H8Br2O/c1-5(7)3-6(2,8)4(5)9/h3H2,1-2H3/t5-,6+. The lowest BCUT2D eigenvalue weighted by Crippen LogP contribution is -2.56. The van der Waals surface area contributed by atoms with Crippen LogP contribution < -0.4 is 0 Å². The van der Waals surface area contributed by atoms with Crippen LogP contribution in [0.2, 0.25) is 0 Å². The average Bonchev–Trinajstić information content (AvgIpc) is 1.63. The molecule has 0 unspecified atom stereocenters. The second-order valence-corrected chi connectivity index (χ2v) is 6.40. The van der Waals surface area contributed by atoms with Crippen molar-refractivity contribution < 1.29 is 4.79 Å². The number of carbonyl (C=O) groups is 1. The smallest absolute Gasteiger partial charge is 0.165 e. The average molecular weight is 256 g/mol. The Hall–Kier alpha value is 0.630. The van der Waals surface area contributed by atoms with Gasteiger partial charge in [0.25, 0.3) is 0 Å². The summed E-state index contributed by atoms with van der Waals surface area (Å²) in [6.45, 7) is 3.80. The van der Waals surface area contributed by atoms with E-state index in [1.165, 1.54) is 0 Å². The Balaban J connectivity index is 2.74. The largest absolute Gasteiger partial charge is 0.297 e. The number of halogens is 2. The molecule has 2 atom stereocenters. The van der Waals surface area contributed by atoms with Gasteiger partial charge in [-0.2, -0.15) is 0 Å². The van der Waals surface area contributed by atoms with Gasteiger partial charge >= 0.3 is 0 Å². The monoisotopic (exact) mass is 254 g/mol. The quantitative estimate of drug-likeness (QED) is 0.607. The number of hydrogen-bond acceptors (Lipinski definition) is 1. The molecule has 0 aromatic carbocycles. The number of Topliss-reactive ketones (excluding diaryl/α,β-unsaturated/α-hetero) is 1. The van der Waals surface area contributed by atoms with E-state index in [1.54, 1.807) is 0 Å². The second kappa shape index (κ2) is 1.82. The molecule has 0 heterocycles. The minimum atomic E-state index is -0.259.